The van der Waals surface area contributed by atoms with Gasteiger partial charge in [-0.3, -0.25) is 4.79 Å². The molecule has 0 unspecified atom stereocenters. The number of benzene rings is 2. The first-order chi connectivity index (χ1) is 12.1. The van der Waals surface area contributed by atoms with Crippen LogP contribution in [0.1, 0.15) is 18.1 Å². The smallest absolute Gasteiger partial charge is 0.233 e. The molecule has 0 aliphatic heterocycles. The molecule has 5 heteroatoms. The summed E-state index contributed by atoms with van der Waals surface area (Å²) >= 11 is 3.08. The number of nitrogens with one attached hydrogen (secondary N) is 1. The monoisotopic (exact) mass is 368 g/mol. The zero-order chi connectivity index (χ0) is 17.6. The van der Waals surface area contributed by atoms with Gasteiger partial charge in [0.15, 0.2) is 4.34 Å². The molecule has 3 aromatic rings. The highest BCUT2D eigenvalue weighted by molar-refractivity contribution is 8.02. The Morgan fingerprint density at radius 2 is 1.88 bits per heavy atom. The topological polar surface area (TPSA) is 42.0 Å². The van der Waals surface area contributed by atoms with Crippen LogP contribution >= 0.6 is 23.1 Å². The van der Waals surface area contributed by atoms with E-state index in [4.69, 9.17) is 0 Å². The van der Waals surface area contributed by atoms with Gasteiger partial charge in [-0.25, -0.2) is 4.98 Å². The summed E-state index contributed by atoms with van der Waals surface area (Å²) in [6.07, 6.45) is 0. The number of nitrogens with zero attached hydrogens (tertiary/aromatic N) is 1. The summed E-state index contributed by atoms with van der Waals surface area (Å²) in [4.78, 5) is 16.9. The Labute approximate surface area is 156 Å². The van der Waals surface area contributed by atoms with Gasteiger partial charge in [-0.05, 0) is 19.4 Å². The van der Waals surface area contributed by atoms with Crippen molar-refractivity contribution in [3.05, 3.63) is 71.1 Å². The number of aryl methyl sites for hydroxylation is 1. The molecule has 1 amide bonds. The van der Waals surface area contributed by atoms with Crippen molar-refractivity contribution < 1.29 is 4.79 Å². The number of amides is 1. The molecule has 1 N–H and O–H groups in total. The SMILES string of the molecule is Cc1ccc(CNC(=O)[C@H](C)Sc2nc(-c3ccccc3)cs2)cc1. The highest BCUT2D eigenvalue weighted by Crippen LogP contribution is 2.30. The normalized spacial score (nSPS) is 11.9. The van der Waals surface area contributed by atoms with Crippen LogP contribution < -0.4 is 5.32 Å². The van der Waals surface area contributed by atoms with Gasteiger partial charge < -0.3 is 5.32 Å². The van der Waals surface area contributed by atoms with Gasteiger partial charge in [-0.15, -0.1) is 11.3 Å². The lowest BCUT2D eigenvalue weighted by molar-refractivity contribution is -0.120. The minimum absolute atomic E-state index is 0.0297. The molecule has 1 atom stereocenters. The molecule has 0 bridgehead atoms. The second-order valence-corrected chi connectivity index (χ2v) is 8.27. The molecular formula is C20H20N2OS2. The molecule has 0 saturated heterocycles. The summed E-state index contributed by atoms with van der Waals surface area (Å²) in [5.41, 5.74) is 4.39. The van der Waals surface area contributed by atoms with Gasteiger partial charge in [0, 0.05) is 17.5 Å². The van der Waals surface area contributed by atoms with Crippen LogP contribution in [0.5, 0.6) is 0 Å². The van der Waals surface area contributed by atoms with Crippen molar-refractivity contribution in [3.8, 4) is 11.3 Å². The Morgan fingerprint density at radius 3 is 2.60 bits per heavy atom. The lowest BCUT2D eigenvalue weighted by atomic mass is 10.1. The molecule has 3 nitrogen and oxygen atoms in total. The van der Waals surface area contributed by atoms with Crippen molar-refractivity contribution in [2.75, 3.05) is 0 Å². The molecule has 0 aliphatic carbocycles. The summed E-state index contributed by atoms with van der Waals surface area (Å²) in [5.74, 6) is 0.0297. The number of hydrogen-bond donors (Lipinski definition) is 1. The summed E-state index contributed by atoms with van der Waals surface area (Å²) < 4.78 is 0.914. The Kier molecular flexibility index (Phi) is 5.89. The molecule has 128 valence electrons. The highest BCUT2D eigenvalue weighted by atomic mass is 32.2. The van der Waals surface area contributed by atoms with Gasteiger partial charge in [0.25, 0.3) is 0 Å². The quantitative estimate of drug-likeness (QED) is 0.628. The summed E-state index contributed by atoms with van der Waals surface area (Å²) in [6, 6.07) is 18.3. The molecule has 0 fully saturated rings. The second kappa shape index (κ2) is 8.32. The summed E-state index contributed by atoms with van der Waals surface area (Å²) in [5, 5.41) is 4.85. The predicted molar refractivity (Wildman–Crippen MR) is 106 cm³/mol. The Balaban J connectivity index is 1.54. The van der Waals surface area contributed by atoms with Crippen LogP contribution in [0, 0.1) is 6.92 Å². The van der Waals surface area contributed by atoms with E-state index in [0.717, 1.165) is 21.2 Å². The molecular weight excluding hydrogens is 348 g/mol. The molecule has 1 aromatic heterocycles. The first-order valence-corrected chi connectivity index (χ1v) is 9.88. The maximum Gasteiger partial charge on any atom is 0.233 e. The van der Waals surface area contributed by atoms with Crippen LogP contribution in [0.2, 0.25) is 0 Å². The first-order valence-electron chi connectivity index (χ1n) is 8.12. The van der Waals surface area contributed by atoms with Crippen LogP contribution in [0.4, 0.5) is 0 Å². The summed E-state index contributed by atoms with van der Waals surface area (Å²) in [6.45, 7) is 4.52. The van der Waals surface area contributed by atoms with E-state index >= 15 is 0 Å². The number of carbonyl (C=O) groups is 1. The van der Waals surface area contributed by atoms with Crippen molar-refractivity contribution in [1.29, 1.82) is 0 Å². The average molecular weight is 369 g/mol. The zero-order valence-electron chi connectivity index (χ0n) is 14.2. The minimum Gasteiger partial charge on any atom is -0.351 e. The maximum absolute atomic E-state index is 12.3. The van der Waals surface area contributed by atoms with Gasteiger partial charge in [0.1, 0.15) is 0 Å². The third kappa shape index (κ3) is 4.94. The summed E-state index contributed by atoms with van der Waals surface area (Å²) in [7, 11) is 0. The minimum atomic E-state index is -0.180. The van der Waals surface area contributed by atoms with E-state index < -0.39 is 0 Å². The zero-order valence-corrected chi connectivity index (χ0v) is 15.9. The van der Waals surface area contributed by atoms with Crippen molar-refractivity contribution in [1.82, 2.24) is 10.3 Å². The molecule has 0 saturated carbocycles. The fourth-order valence-electron chi connectivity index (χ4n) is 2.30. The Morgan fingerprint density at radius 1 is 1.16 bits per heavy atom. The van der Waals surface area contributed by atoms with Gasteiger partial charge >= 0.3 is 0 Å². The Bertz CT molecular complexity index is 828. The number of rotatable bonds is 6. The van der Waals surface area contributed by atoms with Crippen LogP contribution in [-0.2, 0) is 11.3 Å². The van der Waals surface area contributed by atoms with Gasteiger partial charge in [0.05, 0.1) is 10.9 Å². The van der Waals surface area contributed by atoms with Crippen LogP contribution in [0.3, 0.4) is 0 Å². The molecule has 0 spiro atoms. The molecule has 25 heavy (non-hydrogen) atoms. The van der Waals surface area contributed by atoms with Gasteiger partial charge in [-0.2, -0.15) is 0 Å². The first kappa shape index (κ1) is 17.7. The molecule has 3 rings (SSSR count). The third-order valence-electron chi connectivity index (χ3n) is 3.79. The van der Waals surface area contributed by atoms with E-state index in [-0.39, 0.29) is 11.2 Å². The molecule has 0 radical (unpaired) electrons. The fourth-order valence-corrected chi connectivity index (χ4v) is 4.29. The van der Waals surface area contributed by atoms with Crippen molar-refractivity contribution in [2.24, 2.45) is 0 Å². The van der Waals surface area contributed by atoms with E-state index in [2.05, 4.69) is 29.4 Å². The highest BCUT2D eigenvalue weighted by Gasteiger charge is 2.16. The van der Waals surface area contributed by atoms with Crippen molar-refractivity contribution in [2.45, 2.75) is 30.0 Å². The predicted octanol–water partition coefficient (Wildman–Crippen LogP) is 4.92. The molecule has 2 aromatic carbocycles. The standard InChI is InChI=1S/C20H20N2OS2/c1-14-8-10-16(11-9-14)12-21-19(23)15(2)25-20-22-18(13-24-20)17-6-4-3-5-7-17/h3-11,13,15H,12H2,1-2H3,(H,21,23)/t15-/m0/s1. The van der Waals surface area contributed by atoms with Crippen molar-refractivity contribution >= 4 is 29.0 Å². The fraction of sp³-hybridized carbons (Fsp3) is 0.200. The Hall–Kier alpha value is -2.11. The molecule has 0 aliphatic rings. The van der Waals surface area contributed by atoms with Crippen LogP contribution in [-0.4, -0.2) is 16.1 Å². The molecule has 1 heterocycles. The van der Waals surface area contributed by atoms with E-state index in [1.807, 2.05) is 54.8 Å². The van der Waals surface area contributed by atoms with Crippen LogP contribution in [0.15, 0.2) is 64.3 Å². The van der Waals surface area contributed by atoms with E-state index in [1.165, 1.54) is 17.3 Å². The van der Waals surface area contributed by atoms with E-state index in [1.54, 1.807) is 11.3 Å². The number of hydrogen-bond acceptors (Lipinski definition) is 4. The second-order valence-electron chi connectivity index (χ2n) is 5.83. The van der Waals surface area contributed by atoms with Crippen molar-refractivity contribution in [3.63, 3.8) is 0 Å². The number of thiazole rings is 1. The number of carbonyl (C=O) groups excluding carboxylic acids is 1. The van der Waals surface area contributed by atoms with E-state index in [0.29, 0.717) is 6.54 Å². The number of thioether (sulfide) groups is 1. The average Bonchev–Trinajstić information content (AvgIpc) is 3.10. The van der Waals surface area contributed by atoms with Gasteiger partial charge in [0.2, 0.25) is 5.91 Å². The van der Waals surface area contributed by atoms with Gasteiger partial charge in [-0.1, -0.05) is 71.9 Å². The lowest BCUT2D eigenvalue weighted by Gasteiger charge is -2.10. The largest absolute Gasteiger partial charge is 0.351 e. The lowest BCUT2D eigenvalue weighted by Crippen LogP contribution is -2.30. The number of aromatic nitrogens is 1. The third-order valence-corrected chi connectivity index (χ3v) is 5.86. The van der Waals surface area contributed by atoms with E-state index in [9.17, 15) is 4.79 Å². The maximum atomic E-state index is 12.3. The van der Waals surface area contributed by atoms with Crippen LogP contribution in [0.25, 0.3) is 11.3 Å².